The predicted octanol–water partition coefficient (Wildman–Crippen LogP) is 1.74. The molecule has 0 unspecified atom stereocenters. The molecule has 0 N–H and O–H groups in total. The van der Waals surface area contributed by atoms with Crippen molar-refractivity contribution in [3.8, 4) is 0 Å². The lowest BCUT2D eigenvalue weighted by atomic mass is 10.4. The lowest BCUT2D eigenvalue weighted by Crippen LogP contribution is -2.11. The molecular formula is C8H15BrO3. The summed E-state index contributed by atoms with van der Waals surface area (Å²) in [6.45, 7) is 3.71. The Kier molecular flexibility index (Phi) is 8.93. The van der Waals surface area contributed by atoms with E-state index in [1.165, 1.54) is 0 Å². The van der Waals surface area contributed by atoms with E-state index in [4.69, 9.17) is 9.47 Å². The molecule has 0 heterocycles. The molecule has 0 radical (unpaired) electrons. The summed E-state index contributed by atoms with van der Waals surface area (Å²) >= 11 is 2.99. The van der Waals surface area contributed by atoms with Crippen molar-refractivity contribution in [2.45, 2.75) is 19.8 Å². The molecule has 12 heavy (non-hydrogen) atoms. The van der Waals surface area contributed by atoms with Crippen molar-refractivity contribution in [3.63, 3.8) is 0 Å². The molecule has 0 spiro atoms. The van der Waals surface area contributed by atoms with Gasteiger partial charge in [-0.15, -0.1) is 0 Å². The average molecular weight is 239 g/mol. The van der Waals surface area contributed by atoms with Crippen molar-refractivity contribution in [1.29, 1.82) is 0 Å². The van der Waals surface area contributed by atoms with Crippen molar-refractivity contribution in [2.75, 3.05) is 25.2 Å². The Morgan fingerprint density at radius 2 is 2.08 bits per heavy atom. The first-order valence-electron chi connectivity index (χ1n) is 4.10. The fourth-order valence-corrected chi connectivity index (χ4v) is 0.763. The first kappa shape index (κ1) is 11.9. The molecule has 0 aromatic heterocycles. The third-order valence-corrected chi connectivity index (χ3v) is 1.70. The number of halogens is 1. The summed E-state index contributed by atoms with van der Waals surface area (Å²) in [6, 6.07) is 0. The number of hydrogen-bond acceptors (Lipinski definition) is 3. The van der Waals surface area contributed by atoms with Gasteiger partial charge in [-0.25, -0.2) is 0 Å². The van der Waals surface area contributed by atoms with Gasteiger partial charge in [-0.05, 0) is 6.42 Å². The highest BCUT2D eigenvalue weighted by molar-refractivity contribution is 9.09. The SMILES string of the molecule is CCCCOCCOC(=O)CBr. The molecule has 0 saturated heterocycles. The van der Waals surface area contributed by atoms with Crippen molar-refractivity contribution < 1.29 is 14.3 Å². The highest BCUT2D eigenvalue weighted by Crippen LogP contribution is 1.89. The van der Waals surface area contributed by atoms with Gasteiger partial charge in [-0.2, -0.15) is 0 Å². The third kappa shape index (κ3) is 8.01. The van der Waals surface area contributed by atoms with Crippen molar-refractivity contribution >= 4 is 21.9 Å². The van der Waals surface area contributed by atoms with Crippen LogP contribution in [0.25, 0.3) is 0 Å². The second-order valence-corrected chi connectivity index (χ2v) is 2.88. The van der Waals surface area contributed by atoms with E-state index < -0.39 is 0 Å². The summed E-state index contributed by atoms with van der Waals surface area (Å²) in [5, 5.41) is 0.252. The Balaban J connectivity index is 2.95. The van der Waals surface area contributed by atoms with Gasteiger partial charge in [0.25, 0.3) is 0 Å². The van der Waals surface area contributed by atoms with Crippen LogP contribution in [0.15, 0.2) is 0 Å². The predicted molar refractivity (Wildman–Crippen MR) is 50.5 cm³/mol. The van der Waals surface area contributed by atoms with Crippen LogP contribution in [0, 0.1) is 0 Å². The number of carbonyl (C=O) groups excluding carboxylic acids is 1. The lowest BCUT2D eigenvalue weighted by Gasteiger charge is -2.03. The van der Waals surface area contributed by atoms with Crippen LogP contribution in [0.4, 0.5) is 0 Å². The van der Waals surface area contributed by atoms with Gasteiger partial charge >= 0.3 is 5.97 Å². The molecule has 0 aliphatic heterocycles. The van der Waals surface area contributed by atoms with Crippen LogP contribution in [0.3, 0.4) is 0 Å². The van der Waals surface area contributed by atoms with Crippen LogP contribution in [0.2, 0.25) is 0 Å². The fraction of sp³-hybridized carbons (Fsp3) is 0.875. The van der Waals surface area contributed by atoms with E-state index >= 15 is 0 Å². The molecule has 0 amide bonds. The van der Waals surface area contributed by atoms with Crippen LogP contribution in [0.1, 0.15) is 19.8 Å². The van der Waals surface area contributed by atoms with Crippen LogP contribution < -0.4 is 0 Å². The molecule has 0 saturated carbocycles. The second kappa shape index (κ2) is 9.00. The number of ether oxygens (including phenoxy) is 2. The average Bonchev–Trinajstić information content (AvgIpc) is 2.10. The summed E-state index contributed by atoms with van der Waals surface area (Å²) in [7, 11) is 0. The maximum Gasteiger partial charge on any atom is 0.316 e. The maximum atomic E-state index is 10.6. The lowest BCUT2D eigenvalue weighted by molar-refractivity contribution is -0.141. The standard InChI is InChI=1S/C8H15BrO3/c1-2-3-4-11-5-6-12-8(10)7-9/h2-7H2,1H3. The third-order valence-electron chi connectivity index (χ3n) is 1.24. The minimum atomic E-state index is -0.242. The van der Waals surface area contributed by atoms with Gasteiger partial charge in [0.15, 0.2) is 0 Å². The van der Waals surface area contributed by atoms with Crippen LogP contribution >= 0.6 is 15.9 Å². The Morgan fingerprint density at radius 3 is 2.67 bits per heavy atom. The van der Waals surface area contributed by atoms with E-state index in [-0.39, 0.29) is 11.3 Å². The highest BCUT2D eigenvalue weighted by Gasteiger charge is 1.97. The first-order valence-corrected chi connectivity index (χ1v) is 5.22. The highest BCUT2D eigenvalue weighted by atomic mass is 79.9. The molecule has 4 heteroatoms. The van der Waals surface area contributed by atoms with Crippen molar-refractivity contribution in [1.82, 2.24) is 0 Å². The van der Waals surface area contributed by atoms with Crippen molar-refractivity contribution in [2.24, 2.45) is 0 Å². The number of esters is 1. The molecule has 0 atom stereocenters. The van der Waals surface area contributed by atoms with E-state index in [2.05, 4.69) is 22.9 Å². The second-order valence-electron chi connectivity index (χ2n) is 2.32. The Morgan fingerprint density at radius 1 is 1.33 bits per heavy atom. The molecule has 0 aromatic carbocycles. The first-order chi connectivity index (χ1) is 5.81. The molecular weight excluding hydrogens is 224 g/mol. The molecule has 0 rings (SSSR count). The molecule has 72 valence electrons. The van der Waals surface area contributed by atoms with Crippen LogP contribution in [-0.2, 0) is 14.3 Å². The van der Waals surface area contributed by atoms with Gasteiger partial charge in [-0.1, -0.05) is 29.3 Å². The minimum absolute atomic E-state index is 0.242. The number of carbonyl (C=O) groups is 1. The molecule has 0 aliphatic rings. The monoisotopic (exact) mass is 238 g/mol. The molecule has 0 aromatic rings. The van der Waals surface area contributed by atoms with Gasteiger partial charge in [-0.3, -0.25) is 4.79 Å². The van der Waals surface area contributed by atoms with E-state index in [9.17, 15) is 4.79 Å². The van der Waals surface area contributed by atoms with Gasteiger partial charge in [0.2, 0.25) is 0 Å². The zero-order valence-electron chi connectivity index (χ0n) is 7.35. The van der Waals surface area contributed by atoms with E-state index in [1.54, 1.807) is 0 Å². The number of rotatable bonds is 7. The summed E-state index contributed by atoms with van der Waals surface area (Å²) in [5.41, 5.74) is 0. The molecule has 0 bridgehead atoms. The van der Waals surface area contributed by atoms with Crippen molar-refractivity contribution in [3.05, 3.63) is 0 Å². The minimum Gasteiger partial charge on any atom is -0.463 e. The molecule has 3 nitrogen and oxygen atoms in total. The Labute approximate surface area is 81.6 Å². The van der Waals surface area contributed by atoms with Gasteiger partial charge in [0.1, 0.15) is 11.9 Å². The molecule has 0 fully saturated rings. The summed E-state index contributed by atoms with van der Waals surface area (Å²) in [6.07, 6.45) is 2.19. The zero-order chi connectivity index (χ0) is 9.23. The summed E-state index contributed by atoms with van der Waals surface area (Å²) in [4.78, 5) is 10.6. The smallest absolute Gasteiger partial charge is 0.316 e. The summed E-state index contributed by atoms with van der Waals surface area (Å²) < 4.78 is 9.94. The van der Waals surface area contributed by atoms with E-state index in [0.29, 0.717) is 13.2 Å². The largest absolute Gasteiger partial charge is 0.463 e. The van der Waals surface area contributed by atoms with Crippen LogP contribution in [0.5, 0.6) is 0 Å². The van der Waals surface area contributed by atoms with Crippen LogP contribution in [-0.4, -0.2) is 31.1 Å². The Hall–Kier alpha value is -0.0900. The maximum absolute atomic E-state index is 10.6. The quantitative estimate of drug-likeness (QED) is 0.385. The fourth-order valence-electron chi connectivity index (χ4n) is 0.601. The van der Waals surface area contributed by atoms with E-state index in [1.807, 2.05) is 0 Å². The number of hydrogen-bond donors (Lipinski definition) is 0. The number of alkyl halides is 1. The van der Waals surface area contributed by atoms with Gasteiger partial charge in [0, 0.05) is 6.61 Å². The zero-order valence-corrected chi connectivity index (χ0v) is 8.93. The Bertz CT molecular complexity index is 117. The number of unbranched alkanes of at least 4 members (excludes halogenated alkanes) is 1. The molecule has 0 aliphatic carbocycles. The van der Waals surface area contributed by atoms with Gasteiger partial charge < -0.3 is 9.47 Å². The van der Waals surface area contributed by atoms with E-state index in [0.717, 1.165) is 19.4 Å². The normalized spacial score (nSPS) is 9.83. The summed E-state index contributed by atoms with van der Waals surface area (Å²) in [5.74, 6) is -0.242. The topological polar surface area (TPSA) is 35.5 Å². The van der Waals surface area contributed by atoms with Gasteiger partial charge in [0.05, 0.1) is 6.61 Å².